The molecule has 0 fully saturated rings. The van der Waals surface area contributed by atoms with Crippen LogP contribution in [0.15, 0.2) is 18.2 Å². The fourth-order valence-corrected chi connectivity index (χ4v) is 1.69. The summed E-state index contributed by atoms with van der Waals surface area (Å²) in [6, 6.07) is 4.25. The number of hydrogen-bond acceptors (Lipinski definition) is 2. The van der Waals surface area contributed by atoms with Crippen molar-refractivity contribution in [1.29, 1.82) is 0 Å². The maximum absolute atomic E-state index is 13.1. The number of rotatable bonds is 7. The monoisotopic (exact) mass is 240 g/mol. The van der Waals surface area contributed by atoms with Crippen LogP contribution in [0.2, 0.25) is 0 Å². The molecular formula is C14H21FO2. The SMILES string of the molecule is CCCCCCOc1cc(F)ccc1[C@H](C)O. The maximum atomic E-state index is 13.1. The first kappa shape index (κ1) is 14.0. The van der Waals surface area contributed by atoms with Gasteiger partial charge in [0.2, 0.25) is 0 Å². The van der Waals surface area contributed by atoms with E-state index in [2.05, 4.69) is 6.92 Å². The lowest BCUT2D eigenvalue weighted by molar-refractivity contribution is 0.190. The van der Waals surface area contributed by atoms with E-state index in [1.165, 1.54) is 25.0 Å². The summed E-state index contributed by atoms with van der Waals surface area (Å²) < 4.78 is 18.6. The van der Waals surface area contributed by atoms with Gasteiger partial charge in [-0.05, 0) is 25.5 Å². The van der Waals surface area contributed by atoms with Crippen LogP contribution in [0, 0.1) is 5.82 Å². The summed E-state index contributed by atoms with van der Waals surface area (Å²) in [5.41, 5.74) is 0.641. The normalized spacial score (nSPS) is 12.5. The number of benzene rings is 1. The molecule has 0 amide bonds. The van der Waals surface area contributed by atoms with Gasteiger partial charge in [0.25, 0.3) is 0 Å². The third-order valence-electron chi connectivity index (χ3n) is 2.68. The molecular weight excluding hydrogens is 219 g/mol. The zero-order valence-corrected chi connectivity index (χ0v) is 10.6. The molecule has 0 spiro atoms. The first-order valence-electron chi connectivity index (χ1n) is 6.25. The van der Waals surface area contributed by atoms with Crippen LogP contribution >= 0.6 is 0 Å². The van der Waals surface area contributed by atoms with Gasteiger partial charge in [-0.1, -0.05) is 26.2 Å². The van der Waals surface area contributed by atoms with Gasteiger partial charge < -0.3 is 9.84 Å². The van der Waals surface area contributed by atoms with Gasteiger partial charge in [0.15, 0.2) is 0 Å². The van der Waals surface area contributed by atoms with Crippen molar-refractivity contribution in [3.63, 3.8) is 0 Å². The summed E-state index contributed by atoms with van der Waals surface area (Å²) in [4.78, 5) is 0. The van der Waals surface area contributed by atoms with E-state index < -0.39 is 6.10 Å². The predicted octanol–water partition coefficient (Wildman–Crippen LogP) is 3.84. The van der Waals surface area contributed by atoms with Crippen molar-refractivity contribution in [2.24, 2.45) is 0 Å². The summed E-state index contributed by atoms with van der Waals surface area (Å²) in [5.74, 6) is 0.120. The lowest BCUT2D eigenvalue weighted by Crippen LogP contribution is -2.02. The smallest absolute Gasteiger partial charge is 0.127 e. The van der Waals surface area contributed by atoms with E-state index >= 15 is 0 Å². The second kappa shape index (κ2) is 7.28. The zero-order chi connectivity index (χ0) is 12.7. The minimum absolute atomic E-state index is 0.335. The van der Waals surface area contributed by atoms with Crippen LogP contribution in [0.4, 0.5) is 4.39 Å². The van der Waals surface area contributed by atoms with E-state index in [1.807, 2.05) is 0 Å². The summed E-state index contributed by atoms with van der Waals surface area (Å²) in [7, 11) is 0. The number of halogens is 1. The lowest BCUT2D eigenvalue weighted by Gasteiger charge is -2.13. The van der Waals surface area contributed by atoms with Crippen LogP contribution in [-0.4, -0.2) is 11.7 Å². The molecule has 0 unspecified atom stereocenters. The maximum Gasteiger partial charge on any atom is 0.127 e. The second-order valence-electron chi connectivity index (χ2n) is 4.27. The van der Waals surface area contributed by atoms with E-state index in [-0.39, 0.29) is 5.82 Å². The van der Waals surface area contributed by atoms with Gasteiger partial charge >= 0.3 is 0 Å². The van der Waals surface area contributed by atoms with E-state index in [9.17, 15) is 9.50 Å². The topological polar surface area (TPSA) is 29.5 Å². The molecule has 3 heteroatoms. The summed E-state index contributed by atoms with van der Waals surface area (Å²) in [6.07, 6.45) is 3.81. The van der Waals surface area contributed by atoms with Crippen molar-refractivity contribution in [2.45, 2.75) is 45.6 Å². The van der Waals surface area contributed by atoms with Crippen molar-refractivity contribution in [3.05, 3.63) is 29.6 Å². The first-order valence-corrected chi connectivity index (χ1v) is 6.25. The molecule has 1 N–H and O–H groups in total. The Bertz CT molecular complexity index is 337. The summed E-state index contributed by atoms with van der Waals surface area (Å²) in [6.45, 7) is 4.37. The van der Waals surface area contributed by atoms with Gasteiger partial charge in [-0.3, -0.25) is 0 Å². The van der Waals surface area contributed by atoms with Crippen molar-refractivity contribution in [2.75, 3.05) is 6.61 Å². The Hall–Kier alpha value is -1.09. The van der Waals surface area contributed by atoms with E-state index in [0.717, 1.165) is 12.8 Å². The molecule has 1 aromatic rings. The average Bonchev–Trinajstić information content (AvgIpc) is 2.28. The Kier molecular flexibility index (Phi) is 5.98. The Morgan fingerprint density at radius 3 is 2.71 bits per heavy atom. The van der Waals surface area contributed by atoms with Gasteiger partial charge in [-0.15, -0.1) is 0 Å². The Balaban J connectivity index is 2.53. The van der Waals surface area contributed by atoms with E-state index in [4.69, 9.17) is 4.74 Å². The molecule has 0 bridgehead atoms. The molecule has 0 radical (unpaired) electrons. The highest BCUT2D eigenvalue weighted by atomic mass is 19.1. The Morgan fingerprint density at radius 2 is 2.06 bits per heavy atom. The molecule has 0 aromatic heterocycles. The fourth-order valence-electron chi connectivity index (χ4n) is 1.69. The highest BCUT2D eigenvalue weighted by Gasteiger charge is 2.10. The highest BCUT2D eigenvalue weighted by molar-refractivity contribution is 5.35. The largest absolute Gasteiger partial charge is 0.493 e. The standard InChI is InChI=1S/C14H21FO2/c1-3-4-5-6-9-17-14-10-12(15)7-8-13(14)11(2)16/h7-8,10-11,16H,3-6,9H2,1-2H3/t11-/m0/s1. The number of unbranched alkanes of at least 4 members (excludes halogenated alkanes) is 3. The summed E-state index contributed by atoms with van der Waals surface area (Å²) in [5, 5.41) is 9.53. The van der Waals surface area contributed by atoms with Crippen LogP contribution in [0.1, 0.15) is 51.2 Å². The van der Waals surface area contributed by atoms with Gasteiger partial charge in [0, 0.05) is 11.6 Å². The number of ether oxygens (including phenoxy) is 1. The molecule has 2 nitrogen and oxygen atoms in total. The molecule has 0 saturated carbocycles. The third kappa shape index (κ3) is 4.73. The Labute approximate surface area is 102 Å². The fraction of sp³-hybridized carbons (Fsp3) is 0.571. The van der Waals surface area contributed by atoms with Gasteiger partial charge in [0.05, 0.1) is 12.7 Å². The number of aliphatic hydroxyl groups excluding tert-OH is 1. The van der Waals surface area contributed by atoms with Gasteiger partial charge in [0.1, 0.15) is 11.6 Å². The number of aliphatic hydroxyl groups is 1. The van der Waals surface area contributed by atoms with Crippen LogP contribution < -0.4 is 4.74 Å². The van der Waals surface area contributed by atoms with Crippen LogP contribution in [-0.2, 0) is 0 Å². The Morgan fingerprint density at radius 1 is 1.29 bits per heavy atom. The van der Waals surface area contributed by atoms with Crippen molar-refractivity contribution in [1.82, 2.24) is 0 Å². The van der Waals surface area contributed by atoms with Gasteiger partial charge in [-0.2, -0.15) is 0 Å². The molecule has 1 rings (SSSR count). The summed E-state index contributed by atoms with van der Waals surface area (Å²) >= 11 is 0. The van der Waals surface area contributed by atoms with Crippen LogP contribution in [0.25, 0.3) is 0 Å². The number of hydrogen-bond donors (Lipinski definition) is 1. The average molecular weight is 240 g/mol. The first-order chi connectivity index (χ1) is 8.15. The van der Waals surface area contributed by atoms with Crippen LogP contribution in [0.5, 0.6) is 5.75 Å². The minimum Gasteiger partial charge on any atom is -0.493 e. The minimum atomic E-state index is -0.638. The van der Waals surface area contributed by atoms with Gasteiger partial charge in [-0.25, -0.2) is 4.39 Å². The predicted molar refractivity (Wildman–Crippen MR) is 66.7 cm³/mol. The van der Waals surface area contributed by atoms with Crippen molar-refractivity contribution < 1.29 is 14.2 Å². The molecule has 0 aliphatic heterocycles. The lowest BCUT2D eigenvalue weighted by atomic mass is 10.1. The molecule has 96 valence electrons. The molecule has 0 aliphatic rings. The molecule has 17 heavy (non-hydrogen) atoms. The van der Waals surface area contributed by atoms with Crippen molar-refractivity contribution in [3.8, 4) is 5.75 Å². The zero-order valence-electron chi connectivity index (χ0n) is 10.6. The van der Waals surface area contributed by atoms with Crippen molar-refractivity contribution >= 4 is 0 Å². The molecule has 1 aromatic carbocycles. The molecule has 0 heterocycles. The van der Waals surface area contributed by atoms with Crippen LogP contribution in [0.3, 0.4) is 0 Å². The second-order valence-corrected chi connectivity index (χ2v) is 4.27. The molecule has 0 saturated heterocycles. The van der Waals surface area contributed by atoms with E-state index in [1.54, 1.807) is 13.0 Å². The molecule has 0 aliphatic carbocycles. The molecule has 1 atom stereocenters. The van der Waals surface area contributed by atoms with E-state index in [0.29, 0.717) is 17.9 Å². The quantitative estimate of drug-likeness (QED) is 0.734. The third-order valence-corrected chi connectivity index (χ3v) is 2.68. The highest BCUT2D eigenvalue weighted by Crippen LogP contribution is 2.26.